The maximum atomic E-state index is 12.5. The maximum Gasteiger partial charge on any atom is 0.283 e. The highest BCUT2D eigenvalue weighted by atomic mass is 35.5. The van der Waals surface area contributed by atoms with Gasteiger partial charge >= 0.3 is 0 Å². The van der Waals surface area contributed by atoms with E-state index in [0.717, 1.165) is 31.7 Å². The number of ether oxygens (including phenoxy) is 1. The molecule has 0 atom stereocenters. The predicted octanol–water partition coefficient (Wildman–Crippen LogP) is 4.82. The van der Waals surface area contributed by atoms with Crippen LogP contribution >= 0.6 is 11.6 Å². The van der Waals surface area contributed by atoms with Gasteiger partial charge in [0.2, 0.25) is 0 Å². The van der Waals surface area contributed by atoms with Gasteiger partial charge in [0.25, 0.3) is 11.6 Å². The summed E-state index contributed by atoms with van der Waals surface area (Å²) in [6.45, 7) is 0. The maximum absolute atomic E-state index is 12.5. The quantitative estimate of drug-likeness (QED) is 0.612. The second-order valence-corrected chi connectivity index (χ2v) is 6.33. The third-order valence-corrected chi connectivity index (χ3v) is 4.37. The van der Waals surface area contributed by atoms with Gasteiger partial charge in [0.1, 0.15) is 11.3 Å². The number of anilines is 1. The second kappa shape index (κ2) is 7.53. The molecule has 0 spiro atoms. The van der Waals surface area contributed by atoms with Gasteiger partial charge < -0.3 is 10.1 Å². The molecule has 1 amide bonds. The molecular weight excluding hydrogens is 344 g/mol. The molecule has 1 N–H and O–H groups in total. The highest BCUT2D eigenvalue weighted by Gasteiger charge is 2.22. The Labute approximate surface area is 149 Å². The van der Waals surface area contributed by atoms with Crippen molar-refractivity contribution in [2.75, 3.05) is 5.32 Å². The smallest absolute Gasteiger partial charge is 0.283 e. The van der Waals surface area contributed by atoms with Crippen molar-refractivity contribution in [3.63, 3.8) is 0 Å². The molecule has 2 aromatic carbocycles. The van der Waals surface area contributed by atoms with Crippen molar-refractivity contribution in [3.8, 4) is 5.75 Å². The summed E-state index contributed by atoms with van der Waals surface area (Å²) in [7, 11) is 0. The number of amides is 1. The third-order valence-electron chi connectivity index (χ3n) is 4.13. The summed E-state index contributed by atoms with van der Waals surface area (Å²) in [4.78, 5) is 23.1. The number of nitrogens with one attached hydrogen (secondary N) is 1. The van der Waals surface area contributed by atoms with E-state index in [4.69, 9.17) is 16.3 Å². The fourth-order valence-corrected chi connectivity index (χ4v) is 3.06. The summed E-state index contributed by atoms with van der Waals surface area (Å²) in [6, 6.07) is 11.0. The number of benzene rings is 2. The van der Waals surface area contributed by atoms with Crippen LogP contribution < -0.4 is 10.1 Å². The summed E-state index contributed by atoms with van der Waals surface area (Å²) >= 11 is 5.79. The number of carbonyl (C=O) groups is 1. The van der Waals surface area contributed by atoms with E-state index >= 15 is 0 Å². The van der Waals surface area contributed by atoms with E-state index in [2.05, 4.69) is 5.32 Å². The van der Waals surface area contributed by atoms with Crippen molar-refractivity contribution in [3.05, 3.63) is 63.2 Å². The largest absolute Gasteiger partial charge is 0.488 e. The number of rotatable bonds is 5. The summed E-state index contributed by atoms with van der Waals surface area (Å²) in [5, 5.41) is 14.1. The molecule has 0 radical (unpaired) electrons. The molecule has 0 aliphatic heterocycles. The zero-order chi connectivity index (χ0) is 17.8. The molecule has 0 saturated heterocycles. The van der Waals surface area contributed by atoms with Crippen molar-refractivity contribution in [1.29, 1.82) is 0 Å². The minimum absolute atomic E-state index is 0.0509. The highest BCUT2D eigenvalue weighted by Crippen LogP contribution is 2.31. The molecule has 1 aliphatic rings. The SMILES string of the molecule is O=C(Nc1ccccc1OC1CCCC1)c1ccc(Cl)cc1[N+](=O)[O-]. The second-order valence-electron chi connectivity index (χ2n) is 5.89. The van der Waals surface area contributed by atoms with Crippen LogP contribution in [0.15, 0.2) is 42.5 Å². The zero-order valence-corrected chi connectivity index (χ0v) is 14.2. The van der Waals surface area contributed by atoms with Gasteiger partial charge in [0.15, 0.2) is 0 Å². The van der Waals surface area contributed by atoms with Gasteiger partial charge in [-0.05, 0) is 49.9 Å². The van der Waals surface area contributed by atoms with E-state index in [1.165, 1.54) is 12.1 Å². The molecule has 0 unspecified atom stereocenters. The number of nitrogens with zero attached hydrogens (tertiary/aromatic N) is 1. The monoisotopic (exact) mass is 360 g/mol. The first-order valence-electron chi connectivity index (χ1n) is 8.05. The Morgan fingerprint density at radius 1 is 1.20 bits per heavy atom. The lowest BCUT2D eigenvalue weighted by molar-refractivity contribution is -0.385. The fourth-order valence-electron chi connectivity index (χ4n) is 2.90. The summed E-state index contributed by atoms with van der Waals surface area (Å²) in [5.41, 5.74) is 0.105. The molecule has 130 valence electrons. The first-order chi connectivity index (χ1) is 12.0. The number of carbonyl (C=O) groups excluding carboxylic acids is 1. The molecule has 1 fully saturated rings. The van der Waals surface area contributed by atoms with Gasteiger partial charge in [-0.25, -0.2) is 0 Å². The Kier molecular flexibility index (Phi) is 5.19. The number of para-hydroxylation sites is 2. The highest BCUT2D eigenvalue weighted by molar-refractivity contribution is 6.31. The molecular formula is C18H17ClN2O4. The molecule has 0 bridgehead atoms. The Morgan fingerprint density at radius 3 is 2.64 bits per heavy atom. The van der Waals surface area contributed by atoms with E-state index in [-0.39, 0.29) is 22.4 Å². The minimum Gasteiger partial charge on any atom is -0.488 e. The first kappa shape index (κ1) is 17.2. The minimum atomic E-state index is -0.623. The van der Waals surface area contributed by atoms with E-state index in [1.807, 2.05) is 6.07 Å². The third kappa shape index (κ3) is 4.09. The lowest BCUT2D eigenvalue weighted by Gasteiger charge is -2.17. The Balaban J connectivity index is 1.83. The molecule has 0 aromatic heterocycles. The normalized spacial score (nSPS) is 14.3. The van der Waals surface area contributed by atoms with Crippen LogP contribution in [-0.2, 0) is 0 Å². The number of hydrogen-bond acceptors (Lipinski definition) is 4. The van der Waals surface area contributed by atoms with Crippen LogP contribution in [0.4, 0.5) is 11.4 Å². The van der Waals surface area contributed by atoms with Crippen molar-refractivity contribution in [1.82, 2.24) is 0 Å². The van der Waals surface area contributed by atoms with Gasteiger partial charge in [-0.1, -0.05) is 23.7 Å². The molecule has 25 heavy (non-hydrogen) atoms. The van der Waals surface area contributed by atoms with Crippen LogP contribution in [0.2, 0.25) is 5.02 Å². The number of nitro groups is 1. The number of nitro benzene ring substituents is 1. The molecule has 0 heterocycles. The average Bonchev–Trinajstić information content (AvgIpc) is 3.09. The molecule has 3 rings (SSSR count). The van der Waals surface area contributed by atoms with Crippen LogP contribution in [0.3, 0.4) is 0 Å². The summed E-state index contributed by atoms with van der Waals surface area (Å²) in [6.07, 6.45) is 4.39. The standard InChI is InChI=1S/C18H17ClN2O4/c19-12-9-10-14(16(11-12)21(23)24)18(22)20-15-7-3-4-8-17(15)25-13-5-1-2-6-13/h3-4,7-11,13H,1-2,5-6H2,(H,20,22). The Bertz CT molecular complexity index is 803. The van der Waals surface area contributed by atoms with E-state index in [0.29, 0.717) is 11.4 Å². The number of hydrogen-bond donors (Lipinski definition) is 1. The van der Waals surface area contributed by atoms with Crippen molar-refractivity contribution < 1.29 is 14.5 Å². The number of halogens is 1. The molecule has 2 aromatic rings. The van der Waals surface area contributed by atoms with Gasteiger partial charge in [0, 0.05) is 11.1 Å². The Morgan fingerprint density at radius 2 is 1.92 bits per heavy atom. The van der Waals surface area contributed by atoms with E-state index < -0.39 is 10.8 Å². The molecule has 7 heteroatoms. The van der Waals surface area contributed by atoms with E-state index in [1.54, 1.807) is 18.2 Å². The van der Waals surface area contributed by atoms with Crippen molar-refractivity contribution in [2.45, 2.75) is 31.8 Å². The van der Waals surface area contributed by atoms with Crippen LogP contribution in [0.5, 0.6) is 5.75 Å². The summed E-state index contributed by atoms with van der Waals surface area (Å²) < 4.78 is 5.97. The topological polar surface area (TPSA) is 81.5 Å². The van der Waals surface area contributed by atoms with Crippen molar-refractivity contribution in [2.24, 2.45) is 0 Å². The molecule has 6 nitrogen and oxygen atoms in total. The lowest BCUT2D eigenvalue weighted by atomic mass is 10.1. The first-order valence-corrected chi connectivity index (χ1v) is 8.43. The summed E-state index contributed by atoms with van der Waals surface area (Å²) in [5.74, 6) is -0.00907. The van der Waals surface area contributed by atoms with Crippen LogP contribution in [0, 0.1) is 10.1 Å². The van der Waals surface area contributed by atoms with E-state index in [9.17, 15) is 14.9 Å². The molecule has 1 saturated carbocycles. The van der Waals surface area contributed by atoms with Gasteiger partial charge in [0.05, 0.1) is 16.7 Å². The predicted molar refractivity (Wildman–Crippen MR) is 95.4 cm³/mol. The van der Waals surface area contributed by atoms with Gasteiger partial charge in [-0.2, -0.15) is 0 Å². The lowest BCUT2D eigenvalue weighted by Crippen LogP contribution is -2.17. The van der Waals surface area contributed by atoms with Crippen molar-refractivity contribution >= 4 is 28.9 Å². The van der Waals surface area contributed by atoms with Crippen LogP contribution in [0.25, 0.3) is 0 Å². The van der Waals surface area contributed by atoms with Crippen LogP contribution in [0.1, 0.15) is 36.0 Å². The van der Waals surface area contributed by atoms with Crippen LogP contribution in [-0.4, -0.2) is 16.9 Å². The fraction of sp³-hybridized carbons (Fsp3) is 0.278. The van der Waals surface area contributed by atoms with Gasteiger partial charge in [-0.3, -0.25) is 14.9 Å². The van der Waals surface area contributed by atoms with Gasteiger partial charge in [-0.15, -0.1) is 0 Å². The average molecular weight is 361 g/mol. The Hall–Kier alpha value is -2.60. The molecule has 1 aliphatic carbocycles. The zero-order valence-electron chi connectivity index (χ0n) is 13.4.